The standard InChI is InChI=1S/C81H157NO5/c1-3-5-7-9-11-13-15-17-19-21-22-36-39-42-45-49-53-57-61-65-69-73-79(84)78(77-83)82-80(85)74-70-66-62-58-54-50-46-43-40-37-34-32-30-28-26-24-23-25-27-29-31-33-35-38-41-44-48-52-56-60-64-68-72-76-87-81(86)75-71-67-63-59-55-51-47-20-18-16-14-12-10-8-6-4-2/h27,29,69,73,78-79,83-84H,3-26,28,30-68,70-72,74-77H2,1-2H3,(H,82,85)/b29-27-,73-69+. The summed E-state index contributed by atoms with van der Waals surface area (Å²) in [4.78, 5) is 24.6. The molecule has 0 aromatic rings. The van der Waals surface area contributed by atoms with Gasteiger partial charge in [0.1, 0.15) is 0 Å². The van der Waals surface area contributed by atoms with Gasteiger partial charge < -0.3 is 20.3 Å². The van der Waals surface area contributed by atoms with Crippen molar-refractivity contribution in [1.29, 1.82) is 0 Å². The highest BCUT2D eigenvalue weighted by Crippen LogP contribution is 2.20. The molecule has 0 aliphatic rings. The molecule has 6 heteroatoms. The summed E-state index contributed by atoms with van der Waals surface area (Å²) in [5.74, 6) is -0.0370. The molecule has 87 heavy (non-hydrogen) atoms. The van der Waals surface area contributed by atoms with Gasteiger partial charge in [0.15, 0.2) is 0 Å². The van der Waals surface area contributed by atoms with Crippen LogP contribution in [0.3, 0.4) is 0 Å². The van der Waals surface area contributed by atoms with E-state index in [1.165, 1.54) is 392 Å². The highest BCUT2D eigenvalue weighted by atomic mass is 16.5. The minimum absolute atomic E-state index is 0.0230. The monoisotopic (exact) mass is 1220 g/mol. The van der Waals surface area contributed by atoms with Crippen molar-refractivity contribution >= 4 is 11.9 Å². The molecule has 2 atom stereocenters. The van der Waals surface area contributed by atoms with Gasteiger partial charge in [0.25, 0.3) is 0 Å². The molecule has 0 aliphatic heterocycles. The SMILES string of the molecule is CCCCCCCCCCCCCCCCCCCCC/C=C/C(O)C(CO)NC(=O)CCCCCCCCCCCCCCCCCCC/C=C\CCCCCCCCCCCCCCOC(=O)CCCCCCCCCCCCCCCCCC. The summed E-state index contributed by atoms with van der Waals surface area (Å²) in [5, 5.41) is 23.3. The molecule has 6 nitrogen and oxygen atoms in total. The predicted molar refractivity (Wildman–Crippen MR) is 384 cm³/mol. The topological polar surface area (TPSA) is 95.9 Å². The fourth-order valence-electron chi connectivity index (χ4n) is 12.9. The van der Waals surface area contributed by atoms with Crippen molar-refractivity contribution in [3.05, 3.63) is 24.3 Å². The van der Waals surface area contributed by atoms with Crippen LogP contribution in [0.4, 0.5) is 0 Å². The molecule has 0 heterocycles. The lowest BCUT2D eigenvalue weighted by Crippen LogP contribution is -2.45. The first-order valence-corrected chi connectivity index (χ1v) is 40.1. The second-order valence-electron chi connectivity index (χ2n) is 27.8. The van der Waals surface area contributed by atoms with E-state index in [-0.39, 0.29) is 18.5 Å². The molecule has 0 fully saturated rings. The lowest BCUT2D eigenvalue weighted by Gasteiger charge is -2.20. The molecule has 0 rings (SSSR count). The van der Waals surface area contributed by atoms with E-state index in [1.807, 2.05) is 6.08 Å². The quantitative estimate of drug-likeness (QED) is 0.0320. The number of ether oxygens (including phenoxy) is 1. The number of carbonyl (C=O) groups is 2. The number of hydrogen-bond acceptors (Lipinski definition) is 5. The zero-order chi connectivity index (χ0) is 62.8. The molecule has 2 unspecified atom stereocenters. The summed E-state index contributed by atoms with van der Waals surface area (Å²) < 4.78 is 5.51. The molecule has 0 bridgehead atoms. The third-order valence-corrected chi connectivity index (χ3v) is 19.0. The van der Waals surface area contributed by atoms with Crippen LogP contribution in [0, 0.1) is 0 Å². The zero-order valence-corrected chi connectivity index (χ0v) is 59.3. The summed E-state index contributed by atoms with van der Waals surface area (Å²) in [7, 11) is 0. The number of nitrogens with one attached hydrogen (secondary N) is 1. The van der Waals surface area contributed by atoms with Crippen molar-refractivity contribution in [2.24, 2.45) is 0 Å². The molecule has 0 aliphatic carbocycles. The first-order valence-electron chi connectivity index (χ1n) is 40.1. The molecule has 516 valence electrons. The van der Waals surface area contributed by atoms with Crippen molar-refractivity contribution in [1.82, 2.24) is 5.32 Å². The number of amides is 1. The van der Waals surface area contributed by atoms with Gasteiger partial charge >= 0.3 is 5.97 Å². The summed E-state index contributed by atoms with van der Waals surface area (Å²) in [6.45, 7) is 4.96. The molecule has 0 radical (unpaired) electrons. The third kappa shape index (κ3) is 73.3. The molecule has 1 amide bonds. The summed E-state index contributed by atoms with van der Waals surface area (Å²) in [6.07, 6.45) is 98.8. The van der Waals surface area contributed by atoms with E-state index in [1.54, 1.807) is 6.08 Å². The van der Waals surface area contributed by atoms with Gasteiger partial charge in [-0.25, -0.2) is 0 Å². The van der Waals surface area contributed by atoms with Crippen LogP contribution >= 0.6 is 0 Å². The average molecular weight is 1230 g/mol. The Kier molecular flexibility index (Phi) is 75.3. The zero-order valence-electron chi connectivity index (χ0n) is 59.3. The predicted octanol–water partition coefficient (Wildman–Crippen LogP) is 26.4. The number of unbranched alkanes of at least 4 members (excludes halogenated alkanes) is 63. The molecular formula is C81H157NO5. The van der Waals surface area contributed by atoms with Crippen LogP contribution in [0.2, 0.25) is 0 Å². The molecule has 0 spiro atoms. The van der Waals surface area contributed by atoms with Crippen molar-refractivity contribution in [3.63, 3.8) is 0 Å². The van der Waals surface area contributed by atoms with Crippen molar-refractivity contribution in [2.75, 3.05) is 13.2 Å². The summed E-state index contributed by atoms with van der Waals surface area (Å²) in [5.41, 5.74) is 0. The van der Waals surface area contributed by atoms with Gasteiger partial charge in [0.05, 0.1) is 25.4 Å². The van der Waals surface area contributed by atoms with E-state index in [0.29, 0.717) is 19.4 Å². The van der Waals surface area contributed by atoms with Crippen LogP contribution in [-0.2, 0) is 14.3 Å². The van der Waals surface area contributed by atoms with E-state index in [4.69, 9.17) is 4.74 Å². The van der Waals surface area contributed by atoms with Crippen LogP contribution < -0.4 is 5.32 Å². The van der Waals surface area contributed by atoms with Gasteiger partial charge in [0, 0.05) is 12.8 Å². The van der Waals surface area contributed by atoms with Crippen LogP contribution in [0.1, 0.15) is 457 Å². The fourth-order valence-corrected chi connectivity index (χ4v) is 12.9. The Labute approximate surface area is 545 Å². The van der Waals surface area contributed by atoms with Crippen LogP contribution in [0.25, 0.3) is 0 Å². The first kappa shape index (κ1) is 85.3. The Balaban J connectivity index is 3.36. The van der Waals surface area contributed by atoms with E-state index in [2.05, 4.69) is 31.3 Å². The van der Waals surface area contributed by atoms with Crippen LogP contribution in [0.5, 0.6) is 0 Å². The number of carbonyl (C=O) groups excluding carboxylic acids is 2. The van der Waals surface area contributed by atoms with Crippen LogP contribution in [0.15, 0.2) is 24.3 Å². The van der Waals surface area contributed by atoms with Gasteiger partial charge in [-0.3, -0.25) is 9.59 Å². The maximum absolute atomic E-state index is 12.5. The van der Waals surface area contributed by atoms with Gasteiger partial charge in [-0.15, -0.1) is 0 Å². The van der Waals surface area contributed by atoms with E-state index in [9.17, 15) is 19.8 Å². The smallest absolute Gasteiger partial charge is 0.305 e. The van der Waals surface area contributed by atoms with E-state index >= 15 is 0 Å². The number of allylic oxidation sites excluding steroid dienone is 3. The maximum Gasteiger partial charge on any atom is 0.305 e. The van der Waals surface area contributed by atoms with Crippen LogP contribution in [-0.4, -0.2) is 47.4 Å². The Morgan fingerprint density at radius 1 is 0.310 bits per heavy atom. The van der Waals surface area contributed by atoms with Crippen molar-refractivity contribution in [3.8, 4) is 0 Å². The lowest BCUT2D eigenvalue weighted by molar-refractivity contribution is -0.143. The number of esters is 1. The largest absolute Gasteiger partial charge is 0.466 e. The molecule has 3 N–H and O–H groups in total. The molecule has 0 saturated carbocycles. The minimum Gasteiger partial charge on any atom is -0.466 e. The highest BCUT2D eigenvalue weighted by Gasteiger charge is 2.18. The third-order valence-electron chi connectivity index (χ3n) is 19.0. The normalized spacial score (nSPS) is 12.6. The maximum atomic E-state index is 12.5. The number of rotatable bonds is 76. The highest BCUT2D eigenvalue weighted by molar-refractivity contribution is 5.76. The number of aliphatic hydroxyl groups excluding tert-OH is 2. The fraction of sp³-hybridized carbons (Fsp3) is 0.926. The second kappa shape index (κ2) is 76.8. The minimum atomic E-state index is -0.843. The molecular weight excluding hydrogens is 1070 g/mol. The molecule has 0 aromatic heterocycles. The van der Waals surface area contributed by atoms with E-state index in [0.717, 1.165) is 38.5 Å². The Hall–Kier alpha value is -1.66. The molecule has 0 saturated heterocycles. The van der Waals surface area contributed by atoms with E-state index < -0.39 is 12.1 Å². The average Bonchev–Trinajstić information content (AvgIpc) is 3.56. The van der Waals surface area contributed by atoms with Crippen molar-refractivity contribution in [2.45, 2.75) is 469 Å². The Bertz CT molecular complexity index is 1360. The van der Waals surface area contributed by atoms with Gasteiger partial charge in [-0.2, -0.15) is 0 Å². The van der Waals surface area contributed by atoms with Gasteiger partial charge in [-0.05, 0) is 57.8 Å². The number of aliphatic hydroxyl groups is 2. The Morgan fingerprint density at radius 3 is 0.816 bits per heavy atom. The lowest BCUT2D eigenvalue weighted by atomic mass is 10.0. The second-order valence-corrected chi connectivity index (χ2v) is 27.8. The summed E-state index contributed by atoms with van der Waals surface area (Å²) in [6, 6.07) is -0.626. The first-order chi connectivity index (χ1) is 43.0. The Morgan fingerprint density at radius 2 is 0.540 bits per heavy atom. The number of hydrogen-bond donors (Lipinski definition) is 3. The van der Waals surface area contributed by atoms with Gasteiger partial charge in [0.2, 0.25) is 5.91 Å². The van der Waals surface area contributed by atoms with Crippen molar-refractivity contribution < 1.29 is 24.5 Å². The molecule has 0 aromatic carbocycles. The summed E-state index contributed by atoms with van der Waals surface area (Å²) >= 11 is 0. The van der Waals surface area contributed by atoms with Gasteiger partial charge in [-0.1, -0.05) is 411 Å².